The highest BCUT2D eigenvalue weighted by Crippen LogP contribution is 2.31. The highest BCUT2D eigenvalue weighted by Gasteiger charge is 2.33. The van der Waals surface area contributed by atoms with Crippen molar-refractivity contribution in [2.75, 3.05) is 5.32 Å². The molecular formula is C15H9F6NO2. The number of halogens is 6. The first-order valence-corrected chi connectivity index (χ1v) is 6.39. The summed E-state index contributed by atoms with van der Waals surface area (Å²) >= 11 is 0. The molecule has 24 heavy (non-hydrogen) atoms. The molecular weight excluding hydrogens is 340 g/mol. The van der Waals surface area contributed by atoms with Gasteiger partial charge in [0.15, 0.2) is 5.75 Å². The number of amides is 1. The van der Waals surface area contributed by atoms with E-state index in [0.29, 0.717) is 6.07 Å². The molecule has 2 rings (SSSR count). The maximum Gasteiger partial charge on any atom is 0.573 e. The summed E-state index contributed by atoms with van der Waals surface area (Å²) < 4.78 is 78.6. The fraction of sp³-hybridized carbons (Fsp3) is 0.133. The summed E-state index contributed by atoms with van der Waals surface area (Å²) in [5.74, 6) is -1.68. The van der Waals surface area contributed by atoms with Crippen LogP contribution in [0, 0.1) is 0 Å². The largest absolute Gasteiger partial charge is 0.573 e. The summed E-state index contributed by atoms with van der Waals surface area (Å²) in [5.41, 5.74) is -1.72. The molecule has 0 aliphatic rings. The van der Waals surface area contributed by atoms with Crippen LogP contribution in [0.3, 0.4) is 0 Å². The highest BCUT2D eigenvalue weighted by atomic mass is 19.4. The molecule has 0 bridgehead atoms. The molecule has 0 aromatic heterocycles. The zero-order valence-electron chi connectivity index (χ0n) is 11.7. The Kier molecular flexibility index (Phi) is 4.72. The number of carbonyl (C=O) groups is 1. The monoisotopic (exact) mass is 349 g/mol. The number of hydrogen-bond donors (Lipinski definition) is 1. The van der Waals surface area contributed by atoms with Crippen LogP contribution in [0.25, 0.3) is 0 Å². The zero-order chi connectivity index (χ0) is 18.0. The van der Waals surface area contributed by atoms with Crippen molar-refractivity contribution in [3.05, 3.63) is 59.7 Å². The van der Waals surface area contributed by atoms with Gasteiger partial charge in [0.05, 0.1) is 11.3 Å². The molecule has 0 radical (unpaired) electrons. The zero-order valence-corrected chi connectivity index (χ0v) is 11.7. The number of alkyl halides is 6. The predicted octanol–water partition coefficient (Wildman–Crippen LogP) is 4.86. The van der Waals surface area contributed by atoms with Crippen LogP contribution in [0.15, 0.2) is 48.5 Å². The van der Waals surface area contributed by atoms with Crippen LogP contribution in [0.1, 0.15) is 15.9 Å². The summed E-state index contributed by atoms with van der Waals surface area (Å²) in [4.78, 5) is 12.0. The van der Waals surface area contributed by atoms with E-state index >= 15 is 0 Å². The number of ether oxygens (including phenoxy) is 1. The van der Waals surface area contributed by atoms with Crippen molar-refractivity contribution in [1.82, 2.24) is 0 Å². The van der Waals surface area contributed by atoms with E-state index in [1.807, 2.05) is 0 Å². The van der Waals surface area contributed by atoms with E-state index in [2.05, 4.69) is 10.1 Å². The Morgan fingerprint density at radius 2 is 1.58 bits per heavy atom. The number of rotatable bonds is 3. The Morgan fingerprint density at radius 3 is 2.21 bits per heavy atom. The molecule has 1 amide bonds. The molecule has 2 aromatic rings. The Labute approximate surface area is 131 Å². The van der Waals surface area contributed by atoms with Gasteiger partial charge in [-0.3, -0.25) is 4.79 Å². The van der Waals surface area contributed by atoms with Crippen LogP contribution in [0.4, 0.5) is 32.0 Å². The van der Waals surface area contributed by atoms with Gasteiger partial charge in [-0.2, -0.15) is 13.2 Å². The number of para-hydroxylation sites is 2. The molecule has 0 atom stereocenters. The van der Waals surface area contributed by atoms with Gasteiger partial charge in [0.1, 0.15) is 0 Å². The molecule has 0 saturated heterocycles. The van der Waals surface area contributed by atoms with Gasteiger partial charge >= 0.3 is 12.5 Å². The molecule has 0 saturated carbocycles. The summed E-state index contributed by atoms with van der Waals surface area (Å²) in [7, 11) is 0. The number of benzene rings is 2. The van der Waals surface area contributed by atoms with Crippen LogP contribution in [0.5, 0.6) is 5.75 Å². The average Bonchev–Trinajstić information content (AvgIpc) is 2.47. The SMILES string of the molecule is O=C(Nc1ccccc1OC(F)(F)F)c1cccc(C(F)(F)F)c1. The lowest BCUT2D eigenvalue weighted by Gasteiger charge is -2.14. The maximum atomic E-state index is 12.6. The predicted molar refractivity (Wildman–Crippen MR) is 72.5 cm³/mol. The van der Waals surface area contributed by atoms with E-state index < -0.39 is 29.8 Å². The van der Waals surface area contributed by atoms with E-state index in [1.165, 1.54) is 12.1 Å². The molecule has 0 aliphatic heterocycles. The van der Waals surface area contributed by atoms with E-state index in [-0.39, 0.29) is 11.3 Å². The van der Waals surface area contributed by atoms with Crippen molar-refractivity contribution in [2.45, 2.75) is 12.5 Å². The van der Waals surface area contributed by atoms with Crippen LogP contribution in [0.2, 0.25) is 0 Å². The van der Waals surface area contributed by atoms with Crippen molar-refractivity contribution in [2.24, 2.45) is 0 Å². The molecule has 0 unspecified atom stereocenters. The molecule has 0 spiro atoms. The summed E-state index contributed by atoms with van der Waals surface area (Å²) in [6.45, 7) is 0. The van der Waals surface area contributed by atoms with Crippen LogP contribution < -0.4 is 10.1 Å². The lowest BCUT2D eigenvalue weighted by molar-refractivity contribution is -0.274. The Balaban J connectivity index is 2.25. The number of anilines is 1. The molecule has 0 fully saturated rings. The number of carbonyl (C=O) groups excluding carboxylic acids is 1. The van der Waals surface area contributed by atoms with Gasteiger partial charge in [0.25, 0.3) is 5.91 Å². The van der Waals surface area contributed by atoms with Gasteiger partial charge < -0.3 is 10.1 Å². The third-order valence-corrected chi connectivity index (χ3v) is 2.81. The number of hydrogen-bond acceptors (Lipinski definition) is 2. The molecule has 128 valence electrons. The highest BCUT2D eigenvalue weighted by molar-refractivity contribution is 6.05. The van der Waals surface area contributed by atoms with Crippen molar-refractivity contribution in [3.8, 4) is 5.75 Å². The van der Waals surface area contributed by atoms with E-state index in [1.54, 1.807) is 0 Å². The third-order valence-electron chi connectivity index (χ3n) is 2.81. The van der Waals surface area contributed by atoms with Gasteiger partial charge in [0.2, 0.25) is 0 Å². The normalized spacial score (nSPS) is 11.9. The summed E-state index contributed by atoms with van der Waals surface area (Å²) in [5, 5.41) is 2.10. The first kappa shape index (κ1) is 17.6. The molecule has 0 aliphatic carbocycles. The van der Waals surface area contributed by atoms with Crippen LogP contribution in [-0.4, -0.2) is 12.3 Å². The third kappa shape index (κ3) is 4.64. The van der Waals surface area contributed by atoms with Crippen LogP contribution in [-0.2, 0) is 6.18 Å². The first-order valence-electron chi connectivity index (χ1n) is 6.39. The molecule has 9 heteroatoms. The first-order chi connectivity index (χ1) is 11.1. The second-order valence-electron chi connectivity index (χ2n) is 4.58. The second-order valence-corrected chi connectivity index (χ2v) is 4.58. The van der Waals surface area contributed by atoms with Gasteiger partial charge in [-0.1, -0.05) is 18.2 Å². The smallest absolute Gasteiger partial charge is 0.404 e. The lowest BCUT2D eigenvalue weighted by atomic mass is 10.1. The van der Waals surface area contributed by atoms with Crippen molar-refractivity contribution in [3.63, 3.8) is 0 Å². The standard InChI is InChI=1S/C15H9F6NO2/c16-14(17,18)10-5-3-4-9(8-10)13(23)22-11-6-1-2-7-12(11)24-15(19,20)21/h1-8H,(H,22,23). The minimum atomic E-state index is -4.98. The minimum Gasteiger partial charge on any atom is -0.404 e. The van der Waals surface area contributed by atoms with E-state index in [0.717, 1.165) is 30.3 Å². The topological polar surface area (TPSA) is 38.3 Å². The summed E-state index contributed by atoms with van der Waals surface area (Å²) in [6, 6.07) is 8.20. The van der Waals surface area contributed by atoms with Gasteiger partial charge in [-0.15, -0.1) is 13.2 Å². The Morgan fingerprint density at radius 1 is 0.917 bits per heavy atom. The molecule has 2 aromatic carbocycles. The lowest BCUT2D eigenvalue weighted by Crippen LogP contribution is -2.19. The molecule has 1 N–H and O–H groups in total. The fourth-order valence-corrected chi connectivity index (χ4v) is 1.81. The number of nitrogens with one attached hydrogen (secondary N) is 1. The van der Waals surface area contributed by atoms with Gasteiger partial charge in [0, 0.05) is 5.56 Å². The average molecular weight is 349 g/mol. The maximum absolute atomic E-state index is 12.6. The summed E-state index contributed by atoms with van der Waals surface area (Å²) in [6.07, 6.45) is -9.62. The van der Waals surface area contributed by atoms with Crippen LogP contribution >= 0.6 is 0 Å². The Bertz CT molecular complexity index is 739. The molecule has 0 heterocycles. The van der Waals surface area contributed by atoms with Crippen molar-refractivity contribution in [1.29, 1.82) is 0 Å². The quantitative estimate of drug-likeness (QED) is 0.804. The molecule has 3 nitrogen and oxygen atoms in total. The van der Waals surface area contributed by atoms with Crippen molar-refractivity contribution < 1.29 is 35.9 Å². The second kappa shape index (κ2) is 6.42. The fourth-order valence-electron chi connectivity index (χ4n) is 1.81. The van der Waals surface area contributed by atoms with Crippen molar-refractivity contribution >= 4 is 11.6 Å². The van der Waals surface area contributed by atoms with E-state index in [9.17, 15) is 31.1 Å². The Hall–Kier alpha value is -2.71. The van der Waals surface area contributed by atoms with Gasteiger partial charge in [-0.05, 0) is 30.3 Å². The van der Waals surface area contributed by atoms with E-state index in [4.69, 9.17) is 0 Å². The minimum absolute atomic E-state index is 0.322. The van der Waals surface area contributed by atoms with Gasteiger partial charge in [-0.25, -0.2) is 0 Å².